The fourth-order valence-electron chi connectivity index (χ4n) is 3.53. The zero-order valence-corrected chi connectivity index (χ0v) is 22.8. The van der Waals surface area contributed by atoms with Crippen molar-refractivity contribution >= 4 is 22.2 Å². The topological polar surface area (TPSA) is 108 Å². The molecule has 0 heterocycles. The maximum atomic E-state index is 12.8. The molecule has 1 N–H and O–H groups in total. The minimum Gasteiger partial charge on any atom is -0.461 e. The van der Waals surface area contributed by atoms with E-state index in [0.717, 1.165) is 11.1 Å². The van der Waals surface area contributed by atoms with E-state index in [2.05, 4.69) is 5.32 Å². The lowest BCUT2D eigenvalue weighted by Crippen LogP contribution is -2.35. The Morgan fingerprint density at radius 2 is 1.61 bits per heavy atom. The number of rotatable bonds is 10. The second-order valence-corrected chi connectivity index (χ2v) is 11.4. The maximum Gasteiger partial charge on any atom is 0.407 e. The fraction of sp³-hybridized carbons (Fsp3) is 0.310. The van der Waals surface area contributed by atoms with Gasteiger partial charge in [-0.1, -0.05) is 60.2 Å². The van der Waals surface area contributed by atoms with Crippen molar-refractivity contribution in [3.05, 3.63) is 95.6 Å². The van der Waals surface area contributed by atoms with Crippen molar-refractivity contribution in [2.45, 2.75) is 57.1 Å². The van der Waals surface area contributed by atoms with Gasteiger partial charge in [0.15, 0.2) is 0 Å². The van der Waals surface area contributed by atoms with Gasteiger partial charge in [0.05, 0.1) is 6.42 Å². The number of benzene rings is 3. The summed E-state index contributed by atoms with van der Waals surface area (Å²) in [6.45, 7) is 7.28. The van der Waals surface area contributed by atoms with Crippen molar-refractivity contribution in [3.63, 3.8) is 0 Å². The molecule has 1 unspecified atom stereocenters. The number of hydrogen-bond donors (Lipinski definition) is 1. The second kappa shape index (κ2) is 12.6. The molecular weight excluding hydrogens is 506 g/mol. The zero-order valence-electron chi connectivity index (χ0n) is 22.0. The summed E-state index contributed by atoms with van der Waals surface area (Å²) >= 11 is 0. The smallest absolute Gasteiger partial charge is 0.407 e. The van der Waals surface area contributed by atoms with Gasteiger partial charge in [0.1, 0.15) is 22.9 Å². The average molecular weight is 540 g/mol. The highest BCUT2D eigenvalue weighted by molar-refractivity contribution is 7.87. The molecule has 0 aromatic heterocycles. The highest BCUT2D eigenvalue weighted by atomic mass is 32.2. The van der Waals surface area contributed by atoms with Gasteiger partial charge in [-0.3, -0.25) is 4.79 Å². The van der Waals surface area contributed by atoms with Gasteiger partial charge in [0, 0.05) is 12.5 Å². The Kier molecular flexibility index (Phi) is 9.52. The third kappa shape index (κ3) is 9.23. The Balaban J connectivity index is 1.76. The molecule has 0 fully saturated rings. The van der Waals surface area contributed by atoms with Crippen molar-refractivity contribution in [2.24, 2.45) is 0 Å². The molecule has 0 radical (unpaired) electrons. The average Bonchev–Trinajstić information content (AvgIpc) is 2.85. The number of carbonyl (C=O) groups excluding carboxylic acids is 2. The molecule has 0 aliphatic rings. The fourth-order valence-corrected chi connectivity index (χ4v) is 4.45. The molecule has 0 saturated heterocycles. The quantitative estimate of drug-likeness (QED) is 0.268. The van der Waals surface area contributed by atoms with Gasteiger partial charge in [0.25, 0.3) is 0 Å². The van der Waals surface area contributed by atoms with Crippen LogP contribution >= 0.6 is 0 Å². The number of hydrogen-bond acceptors (Lipinski definition) is 7. The van der Waals surface area contributed by atoms with Crippen molar-refractivity contribution in [2.75, 3.05) is 6.54 Å². The van der Waals surface area contributed by atoms with Crippen LogP contribution in [-0.4, -0.2) is 32.6 Å². The summed E-state index contributed by atoms with van der Waals surface area (Å²) in [5, 5.41) is 2.69. The second-order valence-electron chi connectivity index (χ2n) is 9.85. The molecule has 202 valence electrons. The lowest BCUT2D eigenvalue weighted by Gasteiger charge is -2.22. The van der Waals surface area contributed by atoms with Crippen LogP contribution in [0.25, 0.3) is 0 Å². The van der Waals surface area contributed by atoms with Crippen molar-refractivity contribution in [1.29, 1.82) is 0 Å². The van der Waals surface area contributed by atoms with E-state index in [1.165, 1.54) is 24.3 Å². The molecule has 1 amide bonds. The van der Waals surface area contributed by atoms with Crippen LogP contribution in [0.2, 0.25) is 0 Å². The predicted octanol–water partition coefficient (Wildman–Crippen LogP) is 5.50. The summed E-state index contributed by atoms with van der Waals surface area (Å²) in [5.41, 5.74) is 1.67. The van der Waals surface area contributed by atoms with Crippen LogP contribution in [0.5, 0.6) is 5.75 Å². The van der Waals surface area contributed by atoms with Crippen LogP contribution in [-0.2, 0) is 31.0 Å². The Hall–Kier alpha value is -3.85. The van der Waals surface area contributed by atoms with Gasteiger partial charge in [-0.15, -0.1) is 0 Å². The molecule has 0 saturated carbocycles. The summed E-state index contributed by atoms with van der Waals surface area (Å²) in [4.78, 5) is 25.0. The molecule has 8 nitrogen and oxygen atoms in total. The van der Waals surface area contributed by atoms with Crippen LogP contribution in [0, 0.1) is 6.92 Å². The number of alkyl carbamates (subject to hydrolysis) is 1. The molecule has 0 spiro atoms. The number of ether oxygens (including phenoxy) is 2. The minimum absolute atomic E-state index is 0.0288. The van der Waals surface area contributed by atoms with E-state index in [4.69, 9.17) is 13.7 Å². The normalized spacial score (nSPS) is 12.3. The lowest BCUT2D eigenvalue weighted by molar-refractivity contribution is -0.145. The number of carbonyl (C=O) groups is 2. The first-order chi connectivity index (χ1) is 17.9. The van der Waals surface area contributed by atoms with E-state index < -0.39 is 33.7 Å². The minimum atomic E-state index is -4.06. The van der Waals surface area contributed by atoms with E-state index in [0.29, 0.717) is 5.56 Å². The Morgan fingerprint density at radius 3 is 2.26 bits per heavy atom. The van der Waals surface area contributed by atoms with E-state index in [-0.39, 0.29) is 30.2 Å². The molecule has 3 aromatic carbocycles. The molecule has 0 aliphatic carbocycles. The van der Waals surface area contributed by atoms with E-state index in [1.807, 2.05) is 37.3 Å². The van der Waals surface area contributed by atoms with Gasteiger partial charge in [-0.25, -0.2) is 4.79 Å². The Labute approximate surface area is 224 Å². The third-order valence-corrected chi connectivity index (χ3v) is 6.65. The molecule has 9 heteroatoms. The van der Waals surface area contributed by atoms with Crippen LogP contribution in [0.3, 0.4) is 0 Å². The summed E-state index contributed by atoms with van der Waals surface area (Å²) in [7, 11) is -4.06. The summed E-state index contributed by atoms with van der Waals surface area (Å²) in [5.74, 6) is -0.914. The monoisotopic (exact) mass is 539 g/mol. The molecular formula is C29H33NO7S. The van der Waals surface area contributed by atoms with Crippen LogP contribution in [0.1, 0.15) is 49.8 Å². The maximum absolute atomic E-state index is 12.8. The number of amides is 1. The van der Waals surface area contributed by atoms with Gasteiger partial charge in [-0.05, 0) is 63.1 Å². The molecule has 38 heavy (non-hydrogen) atoms. The van der Waals surface area contributed by atoms with Gasteiger partial charge < -0.3 is 19.0 Å². The number of aryl methyl sites for hydroxylation is 1. The largest absolute Gasteiger partial charge is 0.461 e. The molecule has 3 rings (SSSR count). The van der Waals surface area contributed by atoms with Crippen LogP contribution in [0.15, 0.2) is 83.8 Å². The number of esters is 1. The van der Waals surface area contributed by atoms with Gasteiger partial charge in [0.2, 0.25) is 0 Å². The van der Waals surface area contributed by atoms with E-state index in [1.54, 1.807) is 45.0 Å². The Morgan fingerprint density at radius 1 is 0.921 bits per heavy atom. The van der Waals surface area contributed by atoms with E-state index >= 15 is 0 Å². The first kappa shape index (κ1) is 28.7. The van der Waals surface area contributed by atoms with Crippen LogP contribution < -0.4 is 9.50 Å². The highest BCUT2D eigenvalue weighted by Crippen LogP contribution is 2.26. The van der Waals surface area contributed by atoms with Crippen molar-refractivity contribution < 1.29 is 31.7 Å². The third-order valence-electron chi connectivity index (χ3n) is 5.39. The summed E-state index contributed by atoms with van der Waals surface area (Å²) in [6, 6.07) is 22.0. The van der Waals surface area contributed by atoms with E-state index in [9.17, 15) is 18.0 Å². The van der Waals surface area contributed by atoms with Crippen LogP contribution in [0.4, 0.5) is 4.79 Å². The standard InChI is InChI=1S/C29H33NO7S/c1-21-13-15-26(16-14-21)38(33,34)37-25-12-8-11-23(17-25)24(19-30-28(32)36-29(2,3)4)18-27(31)35-20-22-9-6-5-7-10-22/h5-17,24H,18-20H2,1-4H3,(H,30,32). The summed E-state index contributed by atoms with van der Waals surface area (Å²) in [6.07, 6.45) is -0.689. The van der Waals surface area contributed by atoms with Crippen molar-refractivity contribution in [1.82, 2.24) is 5.32 Å². The molecule has 0 aliphatic heterocycles. The summed E-state index contributed by atoms with van der Waals surface area (Å²) < 4.78 is 41.7. The number of nitrogens with one attached hydrogen (secondary N) is 1. The first-order valence-corrected chi connectivity index (χ1v) is 13.6. The SMILES string of the molecule is Cc1ccc(S(=O)(=O)Oc2cccc(C(CNC(=O)OC(C)(C)C)CC(=O)OCc3ccccc3)c2)cc1. The molecule has 1 atom stereocenters. The predicted molar refractivity (Wildman–Crippen MR) is 143 cm³/mol. The van der Waals surface area contributed by atoms with Crippen molar-refractivity contribution in [3.8, 4) is 5.75 Å². The van der Waals surface area contributed by atoms with Gasteiger partial charge >= 0.3 is 22.2 Å². The molecule has 0 bridgehead atoms. The Bertz CT molecular complexity index is 1330. The molecule has 3 aromatic rings. The van der Waals surface area contributed by atoms with Gasteiger partial charge in [-0.2, -0.15) is 8.42 Å². The first-order valence-electron chi connectivity index (χ1n) is 12.2. The zero-order chi connectivity index (χ0) is 27.8. The lowest BCUT2D eigenvalue weighted by atomic mass is 9.95. The highest BCUT2D eigenvalue weighted by Gasteiger charge is 2.23.